The number of ether oxygens (including phenoxy) is 1. The number of aromatic nitrogens is 9. The second-order valence-corrected chi connectivity index (χ2v) is 9.16. The summed E-state index contributed by atoms with van der Waals surface area (Å²) in [6, 6.07) is 6.56. The summed E-state index contributed by atoms with van der Waals surface area (Å²) in [5.74, 6) is 0.499. The Hall–Kier alpha value is -4.44. The molecule has 0 amide bonds. The summed E-state index contributed by atoms with van der Waals surface area (Å²) in [5, 5.41) is 28.7. The summed E-state index contributed by atoms with van der Waals surface area (Å²) >= 11 is 6.16. The largest absolute Gasteiger partial charge is 0.618 e. The standard InChI is InChI=1S/C24H19ClF5N9O2/c1-36-22(31-13-33-36)15-9-32-37(10-15)19(6-7-41-23(26)27)20-4-2-14(11-39(20)40)17-8-16(25)3-5-18(17)38-12-21(34-35-38)24(28,29)30/h2-5,8-13,19,23H,6-7H2,1H3/t19-/m1/s1. The summed E-state index contributed by atoms with van der Waals surface area (Å²) < 4.78 is 73.6. The maximum absolute atomic E-state index is 13.3. The third-order valence-corrected chi connectivity index (χ3v) is 6.35. The lowest BCUT2D eigenvalue weighted by atomic mass is 10.0. The first-order valence-corrected chi connectivity index (χ1v) is 12.2. The van der Waals surface area contributed by atoms with Crippen LogP contribution in [0.5, 0.6) is 0 Å². The number of benzene rings is 1. The van der Waals surface area contributed by atoms with Gasteiger partial charge in [-0.3, -0.25) is 4.68 Å². The Morgan fingerprint density at radius 1 is 1.10 bits per heavy atom. The minimum atomic E-state index is -4.70. The molecule has 1 atom stereocenters. The molecule has 11 nitrogen and oxygen atoms in total. The van der Waals surface area contributed by atoms with Crippen molar-refractivity contribution in [2.45, 2.75) is 25.3 Å². The molecular weight excluding hydrogens is 577 g/mol. The van der Waals surface area contributed by atoms with Crippen LogP contribution in [0.3, 0.4) is 0 Å². The van der Waals surface area contributed by atoms with Crippen LogP contribution in [0.4, 0.5) is 22.0 Å². The van der Waals surface area contributed by atoms with Crippen molar-refractivity contribution in [2.24, 2.45) is 7.05 Å². The number of rotatable bonds is 9. The Morgan fingerprint density at radius 3 is 2.56 bits per heavy atom. The molecule has 0 radical (unpaired) electrons. The first-order valence-electron chi connectivity index (χ1n) is 11.8. The minimum absolute atomic E-state index is 0.0343. The third-order valence-electron chi connectivity index (χ3n) is 6.11. The minimum Gasteiger partial charge on any atom is -0.618 e. The molecule has 17 heteroatoms. The molecular formula is C24H19ClF5N9O2. The molecule has 1 aromatic carbocycles. The summed E-state index contributed by atoms with van der Waals surface area (Å²) in [5.41, 5.74) is 0.312. The Bertz CT molecular complexity index is 1670. The normalized spacial score (nSPS) is 12.8. The van der Waals surface area contributed by atoms with Crippen LogP contribution < -0.4 is 4.73 Å². The van der Waals surface area contributed by atoms with E-state index in [1.165, 1.54) is 52.4 Å². The van der Waals surface area contributed by atoms with Crippen LogP contribution in [0.25, 0.3) is 28.2 Å². The highest BCUT2D eigenvalue weighted by Gasteiger charge is 2.35. The van der Waals surface area contributed by atoms with E-state index in [0.29, 0.717) is 27.2 Å². The highest BCUT2D eigenvalue weighted by molar-refractivity contribution is 6.31. The van der Waals surface area contributed by atoms with Crippen LogP contribution in [0.2, 0.25) is 5.02 Å². The Balaban J connectivity index is 1.52. The third kappa shape index (κ3) is 6.02. The molecule has 4 heterocycles. The van der Waals surface area contributed by atoms with Crippen molar-refractivity contribution in [3.63, 3.8) is 0 Å². The number of hydrogen-bond acceptors (Lipinski definition) is 7. The zero-order valence-electron chi connectivity index (χ0n) is 21.0. The molecule has 0 bridgehead atoms. The van der Waals surface area contributed by atoms with Crippen LogP contribution in [0.15, 0.2) is 61.4 Å². The maximum atomic E-state index is 13.3. The molecule has 0 fully saturated rings. The molecule has 0 saturated heterocycles. The summed E-state index contributed by atoms with van der Waals surface area (Å²) in [6.45, 7) is -3.38. The molecule has 0 aliphatic carbocycles. The van der Waals surface area contributed by atoms with E-state index in [-0.39, 0.29) is 29.4 Å². The quantitative estimate of drug-likeness (QED) is 0.140. The average Bonchev–Trinajstić information content (AvgIpc) is 3.67. The van der Waals surface area contributed by atoms with Crippen molar-refractivity contribution in [2.75, 3.05) is 6.61 Å². The number of halogens is 6. The zero-order chi connectivity index (χ0) is 29.3. The second kappa shape index (κ2) is 11.2. The smallest absolute Gasteiger partial charge is 0.436 e. The number of alkyl halides is 5. The summed E-state index contributed by atoms with van der Waals surface area (Å²) in [7, 11) is 1.69. The molecule has 0 N–H and O–H groups in total. The van der Waals surface area contributed by atoms with Crippen molar-refractivity contribution in [1.82, 2.24) is 39.5 Å². The molecule has 5 rings (SSSR count). The van der Waals surface area contributed by atoms with E-state index < -0.39 is 24.5 Å². The van der Waals surface area contributed by atoms with Gasteiger partial charge in [0.1, 0.15) is 12.4 Å². The van der Waals surface area contributed by atoms with Crippen LogP contribution in [0.1, 0.15) is 23.9 Å². The number of hydrogen-bond donors (Lipinski definition) is 0. The molecule has 5 aromatic rings. The highest BCUT2D eigenvalue weighted by Crippen LogP contribution is 2.32. The van der Waals surface area contributed by atoms with Gasteiger partial charge in [-0.1, -0.05) is 16.8 Å². The molecule has 41 heavy (non-hydrogen) atoms. The van der Waals surface area contributed by atoms with E-state index in [0.717, 1.165) is 10.9 Å². The highest BCUT2D eigenvalue weighted by atomic mass is 35.5. The molecule has 0 aliphatic rings. The predicted molar refractivity (Wildman–Crippen MR) is 133 cm³/mol. The Kier molecular flexibility index (Phi) is 7.68. The fourth-order valence-corrected chi connectivity index (χ4v) is 4.40. The Labute approximate surface area is 233 Å². The molecule has 0 saturated carbocycles. The van der Waals surface area contributed by atoms with Crippen LogP contribution in [0, 0.1) is 5.21 Å². The topological polar surface area (TPSA) is 115 Å². The van der Waals surface area contributed by atoms with Gasteiger partial charge in [0, 0.05) is 41.9 Å². The van der Waals surface area contributed by atoms with Gasteiger partial charge in [-0.05, 0) is 24.3 Å². The van der Waals surface area contributed by atoms with Crippen LogP contribution in [-0.4, -0.2) is 52.8 Å². The van der Waals surface area contributed by atoms with Crippen LogP contribution in [-0.2, 0) is 18.0 Å². The van der Waals surface area contributed by atoms with Gasteiger partial charge in [-0.15, -0.1) is 5.10 Å². The predicted octanol–water partition coefficient (Wildman–Crippen LogP) is 4.45. The fourth-order valence-electron chi connectivity index (χ4n) is 4.23. The monoisotopic (exact) mass is 595 g/mol. The fraction of sp³-hybridized carbons (Fsp3) is 0.250. The van der Waals surface area contributed by atoms with E-state index in [1.807, 2.05) is 0 Å². The molecule has 214 valence electrons. The number of aryl methyl sites for hydroxylation is 1. The molecule has 0 aliphatic heterocycles. The molecule has 4 aromatic heterocycles. The molecule has 0 spiro atoms. The average molecular weight is 596 g/mol. The van der Waals surface area contributed by atoms with Crippen molar-refractivity contribution in [3.05, 3.63) is 83.1 Å². The summed E-state index contributed by atoms with van der Waals surface area (Å²) in [4.78, 5) is 4.16. The van der Waals surface area contributed by atoms with E-state index in [9.17, 15) is 27.2 Å². The van der Waals surface area contributed by atoms with E-state index in [4.69, 9.17) is 11.6 Å². The lowest BCUT2D eigenvalue weighted by molar-refractivity contribution is -0.615. The SMILES string of the molecule is Cn1ncnc1-c1cnn([C@H](CCOC(F)F)c2ccc(-c3cc(Cl)ccc3-n3cc(C(F)(F)F)nn3)c[n+]2[O-])c1. The van der Waals surface area contributed by atoms with Crippen molar-refractivity contribution in [1.29, 1.82) is 0 Å². The number of nitrogens with zero attached hydrogens (tertiary/aromatic N) is 9. The van der Waals surface area contributed by atoms with Crippen molar-refractivity contribution >= 4 is 11.6 Å². The van der Waals surface area contributed by atoms with Gasteiger partial charge in [-0.25, -0.2) is 14.3 Å². The van der Waals surface area contributed by atoms with Gasteiger partial charge in [0.2, 0.25) is 5.69 Å². The lowest BCUT2D eigenvalue weighted by Gasteiger charge is -2.18. The van der Waals surface area contributed by atoms with E-state index >= 15 is 0 Å². The van der Waals surface area contributed by atoms with Gasteiger partial charge in [0.15, 0.2) is 17.7 Å². The van der Waals surface area contributed by atoms with E-state index in [1.54, 1.807) is 19.3 Å². The lowest BCUT2D eigenvalue weighted by Crippen LogP contribution is -2.36. The van der Waals surface area contributed by atoms with Gasteiger partial charge in [0.05, 0.1) is 30.3 Å². The number of pyridine rings is 1. The van der Waals surface area contributed by atoms with Crippen LogP contribution >= 0.6 is 11.6 Å². The van der Waals surface area contributed by atoms with Gasteiger partial charge >= 0.3 is 12.8 Å². The Morgan fingerprint density at radius 2 is 1.90 bits per heavy atom. The maximum Gasteiger partial charge on any atom is 0.436 e. The zero-order valence-corrected chi connectivity index (χ0v) is 21.7. The van der Waals surface area contributed by atoms with Gasteiger partial charge in [-0.2, -0.15) is 36.9 Å². The first-order chi connectivity index (χ1) is 19.5. The van der Waals surface area contributed by atoms with E-state index in [2.05, 4.69) is 30.2 Å². The van der Waals surface area contributed by atoms with Gasteiger partial charge in [0.25, 0.3) is 0 Å². The molecule has 0 unspecified atom stereocenters. The van der Waals surface area contributed by atoms with Crippen molar-refractivity contribution in [3.8, 4) is 28.2 Å². The first kappa shape index (κ1) is 28.1. The second-order valence-electron chi connectivity index (χ2n) is 8.73. The summed E-state index contributed by atoms with van der Waals surface area (Å²) in [6.07, 6.45) is 1.64. The van der Waals surface area contributed by atoms with Gasteiger partial charge < -0.3 is 9.94 Å². The van der Waals surface area contributed by atoms with Crippen molar-refractivity contribution < 1.29 is 31.4 Å².